The van der Waals surface area contributed by atoms with Crippen molar-refractivity contribution in [3.8, 4) is 11.8 Å². The lowest BCUT2D eigenvalue weighted by molar-refractivity contribution is -0.390. The standard InChI is InChI=1S/C16H12BrN7O3/c1-10-14(17)16(24(26)27)21-22(10)9-13(25)20-15-11(7-18)8-19-23(15)12-5-3-2-4-6-12/h2-6,8H,9H2,1H3,(H,20,25). The number of halogens is 1. The lowest BCUT2D eigenvalue weighted by atomic mass is 10.3. The molecule has 1 N–H and O–H groups in total. The van der Waals surface area contributed by atoms with E-state index in [1.54, 1.807) is 31.2 Å². The van der Waals surface area contributed by atoms with Crippen LogP contribution in [0.5, 0.6) is 0 Å². The zero-order valence-corrected chi connectivity index (χ0v) is 15.5. The Labute approximate surface area is 161 Å². The van der Waals surface area contributed by atoms with Gasteiger partial charge in [-0.3, -0.25) is 4.79 Å². The van der Waals surface area contributed by atoms with E-state index >= 15 is 0 Å². The summed E-state index contributed by atoms with van der Waals surface area (Å²) in [5.74, 6) is -0.656. The number of aromatic nitrogens is 4. The van der Waals surface area contributed by atoms with Gasteiger partial charge in [0.25, 0.3) is 0 Å². The third kappa shape index (κ3) is 3.56. The molecular weight excluding hydrogens is 418 g/mol. The van der Waals surface area contributed by atoms with Gasteiger partial charge >= 0.3 is 5.82 Å². The SMILES string of the molecule is Cc1c(Br)c([N+](=O)[O-])nn1CC(=O)Nc1c(C#N)cnn1-c1ccccc1. The molecule has 0 unspecified atom stereocenters. The molecule has 2 heterocycles. The molecule has 3 rings (SSSR count). The van der Waals surface area contributed by atoms with Crippen molar-refractivity contribution in [1.82, 2.24) is 19.6 Å². The van der Waals surface area contributed by atoms with Gasteiger partial charge in [-0.2, -0.15) is 15.0 Å². The van der Waals surface area contributed by atoms with Gasteiger partial charge in [-0.25, -0.2) is 4.68 Å². The van der Waals surface area contributed by atoms with Crippen molar-refractivity contribution in [3.05, 3.63) is 62.4 Å². The second-order valence-electron chi connectivity index (χ2n) is 5.45. The molecule has 0 fully saturated rings. The molecule has 11 heteroatoms. The van der Waals surface area contributed by atoms with E-state index in [0.29, 0.717) is 11.4 Å². The van der Waals surface area contributed by atoms with Crippen LogP contribution in [0, 0.1) is 28.4 Å². The van der Waals surface area contributed by atoms with E-state index in [9.17, 15) is 20.2 Å². The Kier molecular flexibility index (Phi) is 5.00. The predicted octanol–water partition coefficient (Wildman–Crippen LogP) is 2.56. The fourth-order valence-electron chi connectivity index (χ4n) is 2.40. The van der Waals surface area contributed by atoms with E-state index < -0.39 is 10.8 Å². The molecule has 3 aromatic rings. The molecule has 0 radical (unpaired) electrons. The van der Waals surface area contributed by atoms with Crippen LogP contribution in [-0.4, -0.2) is 30.4 Å². The molecule has 1 aromatic carbocycles. The molecule has 0 atom stereocenters. The van der Waals surface area contributed by atoms with Gasteiger partial charge in [0, 0.05) is 0 Å². The number of nitriles is 1. The molecule has 27 heavy (non-hydrogen) atoms. The van der Waals surface area contributed by atoms with Gasteiger partial charge in [0.2, 0.25) is 5.91 Å². The molecule has 136 valence electrons. The lowest BCUT2D eigenvalue weighted by Crippen LogP contribution is -2.22. The van der Waals surface area contributed by atoms with E-state index in [1.807, 2.05) is 12.1 Å². The zero-order chi connectivity index (χ0) is 19.6. The van der Waals surface area contributed by atoms with Crippen molar-refractivity contribution in [1.29, 1.82) is 5.26 Å². The number of hydrogen-bond donors (Lipinski definition) is 1. The second-order valence-corrected chi connectivity index (χ2v) is 6.24. The summed E-state index contributed by atoms with van der Waals surface area (Å²) in [6, 6.07) is 11.0. The van der Waals surface area contributed by atoms with Crippen molar-refractivity contribution in [3.63, 3.8) is 0 Å². The van der Waals surface area contributed by atoms with Crippen LogP contribution >= 0.6 is 15.9 Å². The Hall–Kier alpha value is -3.52. The first-order valence-corrected chi connectivity index (χ1v) is 8.42. The van der Waals surface area contributed by atoms with Crippen molar-refractivity contribution in [2.75, 3.05) is 5.32 Å². The number of nitrogens with zero attached hydrogens (tertiary/aromatic N) is 6. The first-order valence-electron chi connectivity index (χ1n) is 7.63. The average Bonchev–Trinajstić information content (AvgIpc) is 3.18. The van der Waals surface area contributed by atoms with E-state index in [4.69, 9.17) is 0 Å². The van der Waals surface area contributed by atoms with E-state index in [0.717, 1.165) is 0 Å². The van der Waals surface area contributed by atoms with Gasteiger partial charge in [0.1, 0.15) is 22.7 Å². The van der Waals surface area contributed by atoms with Crippen LogP contribution in [0.15, 0.2) is 41.0 Å². The summed E-state index contributed by atoms with van der Waals surface area (Å²) >= 11 is 3.10. The van der Waals surface area contributed by atoms with Gasteiger partial charge in [-0.15, -0.1) is 0 Å². The minimum atomic E-state index is -0.635. The van der Waals surface area contributed by atoms with Crippen molar-refractivity contribution < 1.29 is 9.72 Å². The minimum absolute atomic E-state index is 0.191. The van der Waals surface area contributed by atoms with Gasteiger partial charge in [0.05, 0.1) is 22.7 Å². The summed E-state index contributed by atoms with van der Waals surface area (Å²) in [7, 11) is 0. The van der Waals surface area contributed by atoms with Crippen LogP contribution in [0.4, 0.5) is 11.6 Å². The molecule has 10 nitrogen and oxygen atoms in total. The lowest BCUT2D eigenvalue weighted by Gasteiger charge is -2.09. The van der Waals surface area contributed by atoms with Crippen LogP contribution < -0.4 is 5.32 Å². The maximum absolute atomic E-state index is 12.5. The molecule has 2 aromatic heterocycles. The summed E-state index contributed by atoms with van der Waals surface area (Å²) in [4.78, 5) is 22.8. The number of anilines is 1. The summed E-state index contributed by atoms with van der Waals surface area (Å²) in [6.45, 7) is 1.34. The van der Waals surface area contributed by atoms with Crippen molar-refractivity contribution in [2.45, 2.75) is 13.5 Å². The number of nitro groups is 1. The first kappa shape index (κ1) is 18.3. The van der Waals surface area contributed by atoms with Gasteiger partial charge in [-0.05, 0) is 39.9 Å². The maximum Gasteiger partial charge on any atom is 0.404 e. The molecule has 0 saturated carbocycles. The second kappa shape index (κ2) is 7.38. The Morgan fingerprint density at radius 3 is 2.70 bits per heavy atom. The largest absolute Gasteiger partial charge is 0.404 e. The molecule has 1 amide bonds. The quantitative estimate of drug-likeness (QED) is 0.489. The average molecular weight is 430 g/mol. The predicted molar refractivity (Wildman–Crippen MR) is 98.2 cm³/mol. The number of amides is 1. The summed E-state index contributed by atoms with van der Waals surface area (Å²) in [5.41, 5.74) is 1.30. The fraction of sp³-hybridized carbons (Fsp3) is 0.125. The van der Waals surface area contributed by atoms with E-state index in [-0.39, 0.29) is 28.2 Å². The van der Waals surface area contributed by atoms with Crippen LogP contribution in [0.3, 0.4) is 0 Å². The number of carbonyl (C=O) groups is 1. The maximum atomic E-state index is 12.5. The van der Waals surface area contributed by atoms with Gasteiger partial charge in [-0.1, -0.05) is 18.2 Å². The summed E-state index contributed by atoms with van der Waals surface area (Å²) in [5, 5.41) is 30.8. The monoisotopic (exact) mass is 429 g/mol. The summed E-state index contributed by atoms with van der Waals surface area (Å²) in [6.07, 6.45) is 1.35. The zero-order valence-electron chi connectivity index (χ0n) is 14.0. The number of rotatable bonds is 5. The Bertz CT molecular complexity index is 1070. The highest BCUT2D eigenvalue weighted by Gasteiger charge is 2.25. The Morgan fingerprint density at radius 2 is 2.11 bits per heavy atom. The van der Waals surface area contributed by atoms with Crippen LogP contribution in [0.1, 0.15) is 11.3 Å². The summed E-state index contributed by atoms with van der Waals surface area (Å²) < 4.78 is 2.87. The van der Waals surface area contributed by atoms with Gasteiger partial charge in [0.15, 0.2) is 5.82 Å². The molecule has 0 saturated heterocycles. The molecule has 0 aliphatic carbocycles. The third-order valence-corrected chi connectivity index (χ3v) is 4.66. The smallest absolute Gasteiger partial charge is 0.358 e. The molecule has 0 aliphatic heterocycles. The topological polar surface area (TPSA) is 132 Å². The van der Waals surface area contributed by atoms with Crippen LogP contribution in [-0.2, 0) is 11.3 Å². The first-order chi connectivity index (χ1) is 12.9. The molecular formula is C16H12BrN7O3. The van der Waals surface area contributed by atoms with Gasteiger partial charge < -0.3 is 15.4 Å². The van der Waals surface area contributed by atoms with Crippen molar-refractivity contribution in [2.24, 2.45) is 0 Å². The molecule has 0 bridgehead atoms. The minimum Gasteiger partial charge on any atom is -0.358 e. The number of carbonyl (C=O) groups excluding carboxylic acids is 1. The number of para-hydroxylation sites is 1. The van der Waals surface area contributed by atoms with Crippen LogP contribution in [0.25, 0.3) is 5.69 Å². The highest BCUT2D eigenvalue weighted by Crippen LogP contribution is 2.27. The highest BCUT2D eigenvalue weighted by molar-refractivity contribution is 9.10. The van der Waals surface area contributed by atoms with E-state index in [1.165, 1.54) is 15.6 Å². The molecule has 0 spiro atoms. The third-order valence-electron chi connectivity index (χ3n) is 3.73. The van der Waals surface area contributed by atoms with Crippen LogP contribution in [0.2, 0.25) is 0 Å². The molecule has 0 aliphatic rings. The Balaban J connectivity index is 1.87. The van der Waals surface area contributed by atoms with Crippen molar-refractivity contribution >= 4 is 33.5 Å². The normalized spacial score (nSPS) is 10.4. The highest BCUT2D eigenvalue weighted by atomic mass is 79.9. The number of hydrogen-bond acceptors (Lipinski definition) is 6. The van der Waals surface area contributed by atoms with E-state index in [2.05, 4.69) is 31.4 Å². The number of nitrogens with one attached hydrogen (secondary N) is 1. The number of benzene rings is 1. The Morgan fingerprint density at radius 1 is 1.41 bits per heavy atom. The fourth-order valence-corrected chi connectivity index (χ4v) is 2.83.